The van der Waals surface area contributed by atoms with Crippen molar-refractivity contribution in [3.8, 4) is 11.5 Å². The van der Waals surface area contributed by atoms with Gasteiger partial charge in [0.15, 0.2) is 17.3 Å². The SMILES string of the molecule is COc1ccc(/C=C/C(=O)c2cc3c(cc2C)C(C)(C)CCC3(C)C)cc1OC. The number of hydrogen-bond donors (Lipinski definition) is 0. The molecule has 0 bridgehead atoms. The molecule has 154 valence electrons. The first kappa shape index (κ1) is 21.2. The van der Waals surface area contributed by atoms with E-state index in [0.717, 1.165) is 23.1 Å². The Morgan fingerprint density at radius 3 is 2.07 bits per heavy atom. The fraction of sp³-hybridized carbons (Fsp3) is 0.423. The normalized spacial score (nSPS) is 17.1. The number of ether oxygens (including phenoxy) is 2. The second-order valence-corrected chi connectivity index (χ2v) is 9.29. The maximum absolute atomic E-state index is 13.0. The van der Waals surface area contributed by atoms with E-state index >= 15 is 0 Å². The zero-order chi connectivity index (χ0) is 21.4. The van der Waals surface area contributed by atoms with E-state index in [2.05, 4.69) is 39.8 Å². The lowest BCUT2D eigenvalue weighted by Crippen LogP contribution is -2.34. The van der Waals surface area contributed by atoms with Gasteiger partial charge in [-0.25, -0.2) is 0 Å². The highest BCUT2D eigenvalue weighted by molar-refractivity contribution is 6.08. The number of carbonyl (C=O) groups excluding carboxylic acids is 1. The van der Waals surface area contributed by atoms with E-state index in [1.807, 2.05) is 31.2 Å². The molecule has 0 aromatic heterocycles. The van der Waals surface area contributed by atoms with E-state index in [1.54, 1.807) is 20.3 Å². The van der Waals surface area contributed by atoms with Crippen molar-refractivity contribution in [2.75, 3.05) is 14.2 Å². The van der Waals surface area contributed by atoms with Crippen LogP contribution < -0.4 is 9.47 Å². The first-order chi connectivity index (χ1) is 13.6. The third-order valence-electron chi connectivity index (χ3n) is 6.30. The smallest absolute Gasteiger partial charge is 0.186 e. The Labute approximate surface area is 174 Å². The van der Waals surface area contributed by atoms with Crippen LogP contribution >= 0.6 is 0 Å². The monoisotopic (exact) mass is 392 g/mol. The van der Waals surface area contributed by atoms with Crippen LogP contribution in [0.1, 0.15) is 73.1 Å². The minimum Gasteiger partial charge on any atom is -0.493 e. The number of benzene rings is 2. The minimum absolute atomic E-state index is 0.0271. The number of rotatable bonds is 5. The molecule has 0 radical (unpaired) electrons. The van der Waals surface area contributed by atoms with Crippen LogP contribution in [0.4, 0.5) is 0 Å². The van der Waals surface area contributed by atoms with Crippen molar-refractivity contribution in [2.24, 2.45) is 0 Å². The van der Waals surface area contributed by atoms with E-state index in [9.17, 15) is 4.79 Å². The van der Waals surface area contributed by atoms with Crippen LogP contribution in [-0.4, -0.2) is 20.0 Å². The number of fused-ring (bicyclic) bond motifs is 1. The van der Waals surface area contributed by atoms with Crippen LogP contribution in [0.15, 0.2) is 36.4 Å². The van der Waals surface area contributed by atoms with Crippen molar-refractivity contribution >= 4 is 11.9 Å². The molecule has 2 aromatic rings. The van der Waals surface area contributed by atoms with Gasteiger partial charge in [0.25, 0.3) is 0 Å². The first-order valence-corrected chi connectivity index (χ1v) is 10.2. The summed E-state index contributed by atoms with van der Waals surface area (Å²) in [5, 5.41) is 0. The molecule has 3 rings (SSSR count). The van der Waals surface area contributed by atoms with Crippen molar-refractivity contribution in [2.45, 2.75) is 58.3 Å². The number of methoxy groups -OCH3 is 2. The summed E-state index contributed by atoms with van der Waals surface area (Å²) in [6, 6.07) is 9.99. The molecule has 1 aliphatic carbocycles. The average Bonchev–Trinajstić information content (AvgIpc) is 2.69. The largest absolute Gasteiger partial charge is 0.493 e. The molecular weight excluding hydrogens is 360 g/mol. The van der Waals surface area contributed by atoms with Gasteiger partial charge in [-0.15, -0.1) is 0 Å². The van der Waals surface area contributed by atoms with Gasteiger partial charge in [0.2, 0.25) is 0 Å². The van der Waals surface area contributed by atoms with E-state index in [1.165, 1.54) is 17.5 Å². The molecule has 0 heterocycles. The van der Waals surface area contributed by atoms with Crippen LogP contribution in [0.2, 0.25) is 0 Å². The lowest BCUT2D eigenvalue weighted by Gasteiger charge is -2.42. The zero-order valence-electron chi connectivity index (χ0n) is 18.7. The van der Waals surface area contributed by atoms with E-state index in [0.29, 0.717) is 11.5 Å². The summed E-state index contributed by atoms with van der Waals surface area (Å²) in [6.07, 6.45) is 5.78. The third kappa shape index (κ3) is 4.10. The predicted octanol–water partition coefficient (Wildman–Crippen LogP) is 6.26. The number of allylic oxidation sites excluding steroid dienone is 1. The molecule has 0 amide bonds. The Hall–Kier alpha value is -2.55. The first-order valence-electron chi connectivity index (χ1n) is 10.2. The second-order valence-electron chi connectivity index (χ2n) is 9.29. The molecule has 0 fully saturated rings. The summed E-state index contributed by atoms with van der Waals surface area (Å²) in [6.45, 7) is 11.2. The molecule has 0 saturated carbocycles. The quantitative estimate of drug-likeness (QED) is 0.445. The summed E-state index contributed by atoms with van der Waals surface area (Å²) in [5.74, 6) is 1.35. The fourth-order valence-electron chi connectivity index (χ4n) is 4.21. The highest BCUT2D eigenvalue weighted by Gasteiger charge is 2.37. The Morgan fingerprint density at radius 2 is 1.48 bits per heavy atom. The van der Waals surface area contributed by atoms with Gasteiger partial charge in [-0.2, -0.15) is 0 Å². The third-order valence-corrected chi connectivity index (χ3v) is 6.30. The fourth-order valence-corrected chi connectivity index (χ4v) is 4.21. The van der Waals surface area contributed by atoms with E-state index in [-0.39, 0.29) is 16.6 Å². The van der Waals surface area contributed by atoms with Gasteiger partial charge in [-0.1, -0.05) is 45.9 Å². The molecule has 0 atom stereocenters. The van der Waals surface area contributed by atoms with Gasteiger partial charge in [-0.3, -0.25) is 4.79 Å². The van der Waals surface area contributed by atoms with Crippen LogP contribution in [-0.2, 0) is 10.8 Å². The average molecular weight is 393 g/mol. The van der Waals surface area contributed by atoms with Crippen LogP contribution in [0.25, 0.3) is 6.08 Å². The van der Waals surface area contributed by atoms with Crippen molar-refractivity contribution in [3.05, 3.63) is 64.2 Å². The molecule has 0 spiro atoms. The summed E-state index contributed by atoms with van der Waals surface area (Å²) >= 11 is 0. The number of aryl methyl sites for hydroxylation is 1. The molecule has 0 saturated heterocycles. The highest BCUT2D eigenvalue weighted by Crippen LogP contribution is 2.46. The van der Waals surface area contributed by atoms with Gasteiger partial charge in [0.05, 0.1) is 14.2 Å². The molecule has 2 aromatic carbocycles. The van der Waals surface area contributed by atoms with Gasteiger partial charge in [0.1, 0.15) is 0 Å². The molecule has 0 unspecified atom stereocenters. The predicted molar refractivity (Wildman–Crippen MR) is 119 cm³/mol. The standard InChI is InChI=1S/C26H32O3/c1-17-14-20-21(26(4,5)13-12-25(20,2)3)16-19(17)22(27)10-8-18-9-11-23(28-6)24(15-18)29-7/h8-11,14-16H,12-13H2,1-7H3/b10-8+. The van der Waals surface area contributed by atoms with Crippen molar-refractivity contribution < 1.29 is 14.3 Å². The highest BCUT2D eigenvalue weighted by atomic mass is 16.5. The molecule has 3 nitrogen and oxygen atoms in total. The van der Waals surface area contributed by atoms with E-state index < -0.39 is 0 Å². The Morgan fingerprint density at radius 1 is 0.897 bits per heavy atom. The van der Waals surface area contributed by atoms with Gasteiger partial charge in [0, 0.05) is 5.56 Å². The summed E-state index contributed by atoms with van der Waals surface area (Å²) in [4.78, 5) is 13.0. The summed E-state index contributed by atoms with van der Waals surface area (Å²) in [5.41, 5.74) is 5.64. The Bertz CT molecular complexity index is 964. The maximum atomic E-state index is 13.0. The molecule has 0 N–H and O–H groups in total. The second kappa shape index (κ2) is 7.70. The van der Waals surface area contributed by atoms with Gasteiger partial charge in [-0.05, 0) is 77.1 Å². The van der Waals surface area contributed by atoms with Crippen molar-refractivity contribution in [3.63, 3.8) is 0 Å². The molecule has 29 heavy (non-hydrogen) atoms. The Balaban J connectivity index is 1.95. The molecular formula is C26H32O3. The molecule has 0 aliphatic heterocycles. The van der Waals surface area contributed by atoms with E-state index in [4.69, 9.17) is 9.47 Å². The minimum atomic E-state index is 0.0271. The number of hydrogen-bond acceptors (Lipinski definition) is 3. The maximum Gasteiger partial charge on any atom is 0.186 e. The van der Waals surface area contributed by atoms with Crippen LogP contribution in [0, 0.1) is 6.92 Å². The topological polar surface area (TPSA) is 35.5 Å². The zero-order valence-corrected chi connectivity index (χ0v) is 18.7. The van der Waals surface area contributed by atoms with Gasteiger partial charge < -0.3 is 9.47 Å². The number of ketones is 1. The lowest BCUT2D eigenvalue weighted by atomic mass is 9.62. The number of carbonyl (C=O) groups is 1. The summed E-state index contributed by atoms with van der Waals surface area (Å²) in [7, 11) is 3.22. The van der Waals surface area contributed by atoms with Crippen molar-refractivity contribution in [1.82, 2.24) is 0 Å². The van der Waals surface area contributed by atoms with Gasteiger partial charge >= 0.3 is 0 Å². The van der Waals surface area contributed by atoms with Crippen LogP contribution in [0.3, 0.4) is 0 Å². The van der Waals surface area contributed by atoms with Crippen molar-refractivity contribution in [1.29, 1.82) is 0 Å². The molecule has 3 heteroatoms. The Kier molecular flexibility index (Phi) is 5.62. The summed E-state index contributed by atoms with van der Waals surface area (Å²) < 4.78 is 10.6. The lowest BCUT2D eigenvalue weighted by molar-refractivity contribution is 0.104. The molecule has 1 aliphatic rings. The van der Waals surface area contributed by atoms with Crippen LogP contribution in [0.5, 0.6) is 11.5 Å².